The molecule has 0 atom stereocenters. The fraction of sp³-hybridized carbons (Fsp3) is 0.267. The molecular weight excluding hydrogens is 264 g/mol. The number of nitrogens with zero attached hydrogens (tertiary/aromatic N) is 3. The minimum absolute atomic E-state index is 0.754. The van der Waals surface area contributed by atoms with Gasteiger partial charge in [0.15, 0.2) is 0 Å². The van der Waals surface area contributed by atoms with Crippen molar-refractivity contribution in [3.05, 3.63) is 42.2 Å². The molecule has 6 heteroatoms. The second-order valence-electron chi connectivity index (χ2n) is 5.04. The molecule has 108 valence electrons. The monoisotopic (exact) mass is 282 g/mol. The van der Waals surface area contributed by atoms with E-state index < -0.39 is 0 Å². The quantitative estimate of drug-likeness (QED) is 0.493. The zero-order chi connectivity index (χ0) is 14.7. The van der Waals surface area contributed by atoms with Crippen LogP contribution in [0.25, 0.3) is 10.8 Å². The number of hydrogen-bond donors (Lipinski definition) is 3. The van der Waals surface area contributed by atoms with E-state index in [0.29, 0.717) is 0 Å². The third-order valence-corrected chi connectivity index (χ3v) is 3.44. The van der Waals surface area contributed by atoms with Crippen molar-refractivity contribution in [3.63, 3.8) is 0 Å². The van der Waals surface area contributed by atoms with Crippen molar-refractivity contribution >= 4 is 22.1 Å². The van der Waals surface area contributed by atoms with Gasteiger partial charge in [0.25, 0.3) is 0 Å². The smallest absolute Gasteiger partial charge is 0.137 e. The van der Waals surface area contributed by atoms with Crippen molar-refractivity contribution in [1.29, 1.82) is 0 Å². The topological polar surface area (TPSA) is 92.5 Å². The van der Waals surface area contributed by atoms with Crippen LogP contribution in [0.15, 0.2) is 30.7 Å². The van der Waals surface area contributed by atoms with Crippen LogP contribution in [0.3, 0.4) is 0 Å². The third kappa shape index (κ3) is 2.94. The zero-order valence-corrected chi connectivity index (χ0v) is 11.9. The summed E-state index contributed by atoms with van der Waals surface area (Å²) < 4.78 is 0. The average Bonchev–Trinajstić information content (AvgIpc) is 2.99. The van der Waals surface area contributed by atoms with Crippen LogP contribution in [-0.4, -0.2) is 26.7 Å². The predicted octanol–water partition coefficient (Wildman–Crippen LogP) is 2.29. The first-order valence-corrected chi connectivity index (χ1v) is 6.97. The number of hydrogen-bond acceptors (Lipinski definition) is 5. The van der Waals surface area contributed by atoms with Crippen LogP contribution in [0, 0.1) is 6.92 Å². The van der Waals surface area contributed by atoms with Gasteiger partial charge in [-0.15, -0.1) is 0 Å². The predicted molar refractivity (Wildman–Crippen MR) is 84.1 cm³/mol. The molecule has 3 aromatic rings. The number of aryl methyl sites for hydroxylation is 2. The molecule has 1 aromatic carbocycles. The lowest BCUT2D eigenvalue weighted by Gasteiger charge is -2.11. The highest BCUT2D eigenvalue weighted by Gasteiger charge is 2.05. The SMILES string of the molecule is Cc1cc2c(NCCCc3ncn[nH]3)ccc(N)c2cn1. The maximum absolute atomic E-state index is 6.01. The summed E-state index contributed by atoms with van der Waals surface area (Å²) in [6.45, 7) is 2.84. The fourth-order valence-corrected chi connectivity index (χ4v) is 2.35. The Balaban J connectivity index is 1.71. The van der Waals surface area contributed by atoms with Crippen LogP contribution < -0.4 is 11.1 Å². The van der Waals surface area contributed by atoms with Gasteiger partial charge in [0.2, 0.25) is 0 Å². The summed E-state index contributed by atoms with van der Waals surface area (Å²) in [5.74, 6) is 0.916. The second-order valence-corrected chi connectivity index (χ2v) is 5.04. The highest BCUT2D eigenvalue weighted by molar-refractivity contribution is 6.00. The Hall–Kier alpha value is -2.63. The van der Waals surface area contributed by atoms with Crippen molar-refractivity contribution in [1.82, 2.24) is 20.2 Å². The van der Waals surface area contributed by atoms with Crippen molar-refractivity contribution in [2.75, 3.05) is 17.6 Å². The lowest BCUT2D eigenvalue weighted by atomic mass is 10.1. The summed E-state index contributed by atoms with van der Waals surface area (Å²) in [4.78, 5) is 8.43. The molecule has 0 spiro atoms. The van der Waals surface area contributed by atoms with Crippen LogP contribution in [-0.2, 0) is 6.42 Å². The number of nitrogens with two attached hydrogens (primary N) is 1. The molecule has 0 saturated heterocycles. The molecule has 0 saturated carbocycles. The number of fused-ring (bicyclic) bond motifs is 1. The number of nitrogens with one attached hydrogen (secondary N) is 2. The summed E-state index contributed by atoms with van der Waals surface area (Å²) in [6, 6.07) is 5.99. The van der Waals surface area contributed by atoms with Gasteiger partial charge in [-0.25, -0.2) is 4.98 Å². The summed E-state index contributed by atoms with van der Waals surface area (Å²) in [6.07, 6.45) is 5.22. The summed E-state index contributed by atoms with van der Waals surface area (Å²) in [7, 11) is 0. The Morgan fingerprint density at radius 3 is 2.95 bits per heavy atom. The van der Waals surface area contributed by atoms with Crippen molar-refractivity contribution in [2.24, 2.45) is 0 Å². The first kappa shape index (κ1) is 13.4. The van der Waals surface area contributed by atoms with Crippen LogP contribution in [0.4, 0.5) is 11.4 Å². The van der Waals surface area contributed by atoms with E-state index in [4.69, 9.17) is 5.73 Å². The molecule has 0 unspecified atom stereocenters. The van der Waals surface area contributed by atoms with Gasteiger partial charge in [-0.3, -0.25) is 10.1 Å². The minimum atomic E-state index is 0.754. The molecule has 2 aromatic heterocycles. The highest BCUT2D eigenvalue weighted by atomic mass is 15.2. The van der Waals surface area contributed by atoms with Gasteiger partial charge in [-0.1, -0.05) is 0 Å². The minimum Gasteiger partial charge on any atom is -0.398 e. The molecule has 6 nitrogen and oxygen atoms in total. The molecule has 0 fully saturated rings. The van der Waals surface area contributed by atoms with Crippen LogP contribution in [0.5, 0.6) is 0 Å². The number of benzene rings is 1. The molecule has 21 heavy (non-hydrogen) atoms. The molecule has 2 heterocycles. The summed E-state index contributed by atoms with van der Waals surface area (Å²) in [5.41, 5.74) is 8.83. The molecular formula is C15H18N6. The van der Waals surface area contributed by atoms with E-state index in [9.17, 15) is 0 Å². The van der Waals surface area contributed by atoms with E-state index in [0.717, 1.165) is 53.1 Å². The van der Waals surface area contributed by atoms with E-state index >= 15 is 0 Å². The van der Waals surface area contributed by atoms with Crippen LogP contribution in [0.2, 0.25) is 0 Å². The summed E-state index contributed by atoms with van der Waals surface area (Å²) in [5, 5.41) is 12.3. The van der Waals surface area contributed by atoms with Gasteiger partial charge < -0.3 is 11.1 Å². The Morgan fingerprint density at radius 1 is 1.24 bits per heavy atom. The Morgan fingerprint density at radius 2 is 2.14 bits per heavy atom. The number of aromatic nitrogens is 4. The maximum atomic E-state index is 6.01. The Bertz CT molecular complexity index is 735. The molecule has 3 rings (SSSR count). The first-order valence-electron chi connectivity index (χ1n) is 6.97. The maximum Gasteiger partial charge on any atom is 0.137 e. The van der Waals surface area contributed by atoms with E-state index in [-0.39, 0.29) is 0 Å². The molecule has 0 bridgehead atoms. The normalized spacial score (nSPS) is 10.9. The standard InChI is InChI=1S/C15H18N6/c1-10-7-11-12(8-18-10)13(16)4-5-14(11)17-6-2-3-15-19-9-20-21-15/h4-5,7-9,17H,2-3,6,16H2,1H3,(H,19,20,21). The van der Waals surface area contributed by atoms with Gasteiger partial charge in [0.05, 0.1) is 0 Å². The Labute approximate surface area is 122 Å². The Kier molecular flexibility index (Phi) is 3.68. The van der Waals surface area contributed by atoms with E-state index in [1.54, 1.807) is 0 Å². The lowest BCUT2D eigenvalue weighted by molar-refractivity contribution is 0.806. The molecule has 0 radical (unpaired) electrons. The second kappa shape index (κ2) is 5.78. The number of nitrogen functional groups attached to an aromatic ring is 1. The van der Waals surface area contributed by atoms with E-state index in [1.165, 1.54) is 6.33 Å². The molecule has 0 aliphatic heterocycles. The average molecular weight is 282 g/mol. The van der Waals surface area contributed by atoms with E-state index in [1.807, 2.05) is 25.3 Å². The molecule has 0 aliphatic carbocycles. The third-order valence-electron chi connectivity index (χ3n) is 3.44. The van der Waals surface area contributed by atoms with Gasteiger partial charge >= 0.3 is 0 Å². The van der Waals surface area contributed by atoms with Crippen molar-refractivity contribution in [3.8, 4) is 0 Å². The van der Waals surface area contributed by atoms with Gasteiger partial charge in [-0.05, 0) is 31.5 Å². The van der Waals surface area contributed by atoms with Crippen LogP contribution in [0.1, 0.15) is 17.9 Å². The molecule has 4 N–H and O–H groups in total. The zero-order valence-electron chi connectivity index (χ0n) is 11.9. The summed E-state index contributed by atoms with van der Waals surface area (Å²) >= 11 is 0. The van der Waals surface area contributed by atoms with Gasteiger partial charge in [0.1, 0.15) is 12.2 Å². The molecule has 0 amide bonds. The van der Waals surface area contributed by atoms with Crippen LogP contribution >= 0.6 is 0 Å². The number of aromatic amines is 1. The van der Waals surface area contributed by atoms with Gasteiger partial charge in [0, 0.05) is 47.0 Å². The number of pyridine rings is 1. The number of anilines is 2. The number of H-pyrrole nitrogens is 1. The van der Waals surface area contributed by atoms with Crippen molar-refractivity contribution < 1.29 is 0 Å². The molecule has 0 aliphatic rings. The fourth-order valence-electron chi connectivity index (χ4n) is 2.35. The van der Waals surface area contributed by atoms with E-state index in [2.05, 4.69) is 31.5 Å². The number of rotatable bonds is 5. The van der Waals surface area contributed by atoms with Gasteiger partial charge in [-0.2, -0.15) is 5.10 Å². The van der Waals surface area contributed by atoms with Crippen molar-refractivity contribution in [2.45, 2.75) is 19.8 Å². The largest absolute Gasteiger partial charge is 0.398 e. The lowest BCUT2D eigenvalue weighted by Crippen LogP contribution is -2.05. The first-order chi connectivity index (χ1) is 10.2. The highest BCUT2D eigenvalue weighted by Crippen LogP contribution is 2.28.